The molecule has 1 fully saturated rings. The molecule has 19 heavy (non-hydrogen) atoms. The molecular weight excluding hydrogens is 234 g/mol. The first kappa shape index (κ1) is 14.3. The van der Waals surface area contributed by atoms with Crippen LogP contribution in [0.4, 0.5) is 0 Å². The van der Waals surface area contributed by atoms with E-state index >= 15 is 0 Å². The molecular formula is C17H25NO. The Morgan fingerprint density at radius 2 is 2.11 bits per heavy atom. The molecule has 0 saturated heterocycles. The normalized spacial score (nSPS) is 22.5. The second kappa shape index (κ2) is 7.46. The molecule has 2 unspecified atom stereocenters. The standard InChI is InChI=1S/C17H25NO/c1-14(7-6-10-18-11-12-19-2)16-13-17(16)15-8-4-3-5-9-15/h3-5,7-9,16-18H,6,10-13H2,1-2H3/b14-7-. The van der Waals surface area contributed by atoms with Crippen molar-refractivity contribution >= 4 is 0 Å². The Balaban J connectivity index is 1.69. The lowest BCUT2D eigenvalue weighted by Gasteiger charge is -2.03. The highest BCUT2D eigenvalue weighted by molar-refractivity contribution is 5.31. The third kappa shape index (κ3) is 4.48. The maximum atomic E-state index is 5.00. The van der Waals surface area contributed by atoms with Gasteiger partial charge in [-0.3, -0.25) is 0 Å². The van der Waals surface area contributed by atoms with E-state index in [2.05, 4.69) is 48.6 Å². The van der Waals surface area contributed by atoms with Crippen molar-refractivity contribution in [3.8, 4) is 0 Å². The van der Waals surface area contributed by atoms with Gasteiger partial charge in [-0.1, -0.05) is 42.0 Å². The first-order valence-corrected chi connectivity index (χ1v) is 7.24. The molecule has 0 spiro atoms. The van der Waals surface area contributed by atoms with Crippen molar-refractivity contribution in [2.24, 2.45) is 5.92 Å². The quantitative estimate of drug-likeness (QED) is 0.571. The summed E-state index contributed by atoms with van der Waals surface area (Å²) in [5, 5.41) is 3.37. The van der Waals surface area contributed by atoms with E-state index in [0.29, 0.717) is 0 Å². The van der Waals surface area contributed by atoms with E-state index in [1.165, 1.54) is 12.0 Å². The molecule has 104 valence electrons. The Morgan fingerprint density at radius 1 is 1.32 bits per heavy atom. The van der Waals surface area contributed by atoms with Crippen molar-refractivity contribution < 1.29 is 4.74 Å². The fraction of sp³-hybridized carbons (Fsp3) is 0.529. The minimum atomic E-state index is 0.763. The summed E-state index contributed by atoms with van der Waals surface area (Å²) in [6.07, 6.45) is 4.84. The van der Waals surface area contributed by atoms with E-state index in [0.717, 1.165) is 38.0 Å². The summed E-state index contributed by atoms with van der Waals surface area (Å²) in [4.78, 5) is 0. The van der Waals surface area contributed by atoms with Gasteiger partial charge in [-0.25, -0.2) is 0 Å². The molecule has 0 amide bonds. The summed E-state index contributed by atoms with van der Waals surface area (Å²) in [5.74, 6) is 1.54. The van der Waals surface area contributed by atoms with Crippen LogP contribution in [0.15, 0.2) is 42.0 Å². The van der Waals surface area contributed by atoms with Crippen LogP contribution in [0.5, 0.6) is 0 Å². The van der Waals surface area contributed by atoms with Crippen LogP contribution in [-0.4, -0.2) is 26.8 Å². The lowest BCUT2D eigenvalue weighted by Crippen LogP contribution is -2.19. The molecule has 1 aromatic carbocycles. The van der Waals surface area contributed by atoms with Crippen molar-refractivity contribution in [2.75, 3.05) is 26.8 Å². The van der Waals surface area contributed by atoms with E-state index in [1.807, 2.05) is 0 Å². The molecule has 2 atom stereocenters. The second-order valence-corrected chi connectivity index (χ2v) is 5.34. The van der Waals surface area contributed by atoms with E-state index in [9.17, 15) is 0 Å². The lowest BCUT2D eigenvalue weighted by atomic mass is 10.1. The zero-order chi connectivity index (χ0) is 13.5. The average Bonchev–Trinajstić information content (AvgIpc) is 3.24. The number of rotatable bonds is 8. The number of methoxy groups -OCH3 is 1. The Labute approximate surface area is 116 Å². The van der Waals surface area contributed by atoms with Crippen molar-refractivity contribution in [3.05, 3.63) is 47.5 Å². The van der Waals surface area contributed by atoms with Gasteiger partial charge in [-0.2, -0.15) is 0 Å². The van der Waals surface area contributed by atoms with Gasteiger partial charge in [0.25, 0.3) is 0 Å². The highest BCUT2D eigenvalue weighted by atomic mass is 16.5. The fourth-order valence-corrected chi connectivity index (χ4v) is 2.62. The molecule has 2 heteroatoms. The van der Waals surface area contributed by atoms with Crippen LogP contribution >= 0.6 is 0 Å². The number of allylic oxidation sites excluding steroid dienone is 1. The van der Waals surface area contributed by atoms with Gasteiger partial charge < -0.3 is 10.1 Å². The molecule has 1 saturated carbocycles. The molecule has 1 aliphatic carbocycles. The zero-order valence-corrected chi connectivity index (χ0v) is 12.1. The van der Waals surface area contributed by atoms with E-state index in [4.69, 9.17) is 4.74 Å². The molecule has 0 aliphatic heterocycles. The smallest absolute Gasteiger partial charge is 0.0587 e. The molecule has 1 N–H and O–H groups in total. The molecule has 1 aliphatic rings. The summed E-state index contributed by atoms with van der Waals surface area (Å²) in [6.45, 7) is 5.06. The van der Waals surface area contributed by atoms with Crippen LogP contribution in [0.1, 0.15) is 31.2 Å². The van der Waals surface area contributed by atoms with Gasteiger partial charge in [0.15, 0.2) is 0 Å². The molecule has 0 bridgehead atoms. The predicted octanol–water partition coefficient (Wildman–Crippen LogP) is 3.36. The van der Waals surface area contributed by atoms with Crippen molar-refractivity contribution in [1.29, 1.82) is 0 Å². The third-order valence-electron chi connectivity index (χ3n) is 3.87. The summed E-state index contributed by atoms with van der Waals surface area (Å²) >= 11 is 0. The van der Waals surface area contributed by atoms with E-state index < -0.39 is 0 Å². The first-order chi connectivity index (χ1) is 9.33. The minimum absolute atomic E-state index is 0.763. The van der Waals surface area contributed by atoms with Gasteiger partial charge in [0, 0.05) is 13.7 Å². The highest BCUT2D eigenvalue weighted by Gasteiger charge is 2.38. The van der Waals surface area contributed by atoms with Crippen LogP contribution in [0.2, 0.25) is 0 Å². The SMILES string of the molecule is COCCNCC/C=C(/C)C1CC1c1ccccc1. The monoisotopic (exact) mass is 259 g/mol. The topological polar surface area (TPSA) is 21.3 Å². The van der Waals surface area contributed by atoms with Gasteiger partial charge in [0.05, 0.1) is 6.61 Å². The number of nitrogens with one attached hydrogen (secondary N) is 1. The number of ether oxygens (including phenoxy) is 1. The van der Waals surface area contributed by atoms with Gasteiger partial charge in [0.1, 0.15) is 0 Å². The van der Waals surface area contributed by atoms with E-state index in [-0.39, 0.29) is 0 Å². The highest BCUT2D eigenvalue weighted by Crippen LogP contribution is 2.51. The predicted molar refractivity (Wildman–Crippen MR) is 80.4 cm³/mol. The first-order valence-electron chi connectivity index (χ1n) is 7.24. The van der Waals surface area contributed by atoms with Gasteiger partial charge >= 0.3 is 0 Å². The maximum Gasteiger partial charge on any atom is 0.0587 e. The Bertz CT molecular complexity index is 399. The second-order valence-electron chi connectivity index (χ2n) is 5.34. The Kier molecular flexibility index (Phi) is 5.62. The van der Waals surface area contributed by atoms with Crippen molar-refractivity contribution in [1.82, 2.24) is 5.32 Å². The summed E-state index contributed by atoms with van der Waals surface area (Å²) in [7, 11) is 1.74. The van der Waals surface area contributed by atoms with Crippen LogP contribution < -0.4 is 5.32 Å². The van der Waals surface area contributed by atoms with Crippen LogP contribution in [0, 0.1) is 5.92 Å². The minimum Gasteiger partial charge on any atom is -0.383 e. The lowest BCUT2D eigenvalue weighted by molar-refractivity contribution is 0.199. The largest absolute Gasteiger partial charge is 0.383 e. The molecule has 1 aromatic rings. The van der Waals surface area contributed by atoms with Gasteiger partial charge in [-0.15, -0.1) is 0 Å². The van der Waals surface area contributed by atoms with Crippen LogP contribution in [-0.2, 0) is 4.74 Å². The maximum absolute atomic E-state index is 5.00. The van der Waals surface area contributed by atoms with Crippen molar-refractivity contribution in [2.45, 2.75) is 25.7 Å². The Morgan fingerprint density at radius 3 is 2.84 bits per heavy atom. The number of hydrogen-bond acceptors (Lipinski definition) is 2. The third-order valence-corrected chi connectivity index (χ3v) is 3.87. The molecule has 0 heterocycles. The van der Waals surface area contributed by atoms with Crippen molar-refractivity contribution in [3.63, 3.8) is 0 Å². The average molecular weight is 259 g/mol. The van der Waals surface area contributed by atoms with Crippen LogP contribution in [0.3, 0.4) is 0 Å². The zero-order valence-electron chi connectivity index (χ0n) is 12.1. The summed E-state index contributed by atoms with van der Waals surface area (Å²) in [6, 6.07) is 10.9. The fourth-order valence-electron chi connectivity index (χ4n) is 2.62. The van der Waals surface area contributed by atoms with Crippen LogP contribution in [0.25, 0.3) is 0 Å². The molecule has 2 nitrogen and oxygen atoms in total. The number of hydrogen-bond donors (Lipinski definition) is 1. The summed E-state index contributed by atoms with van der Waals surface area (Å²) in [5.41, 5.74) is 3.06. The summed E-state index contributed by atoms with van der Waals surface area (Å²) < 4.78 is 5.00. The molecule has 0 aromatic heterocycles. The number of benzene rings is 1. The van der Waals surface area contributed by atoms with Gasteiger partial charge in [-0.05, 0) is 43.7 Å². The van der Waals surface area contributed by atoms with E-state index in [1.54, 1.807) is 12.7 Å². The molecule has 0 radical (unpaired) electrons. The molecule has 2 rings (SSSR count). The van der Waals surface area contributed by atoms with Gasteiger partial charge in [0.2, 0.25) is 0 Å². The Hall–Kier alpha value is -1.12.